The molecule has 1 amide bonds. The normalized spacial score (nSPS) is 11.6. The van der Waals surface area contributed by atoms with Gasteiger partial charge in [0.15, 0.2) is 0 Å². The van der Waals surface area contributed by atoms with Gasteiger partial charge in [0.2, 0.25) is 5.91 Å². The Bertz CT molecular complexity index is 817. The van der Waals surface area contributed by atoms with Crippen LogP contribution in [-0.4, -0.2) is 10.9 Å². The van der Waals surface area contributed by atoms with Gasteiger partial charge in [-0.25, -0.2) is 0 Å². The van der Waals surface area contributed by atoms with Crippen LogP contribution in [0, 0.1) is 5.41 Å². The van der Waals surface area contributed by atoms with Crippen molar-refractivity contribution in [2.24, 2.45) is 5.41 Å². The molecule has 0 saturated carbocycles. The van der Waals surface area contributed by atoms with Crippen molar-refractivity contribution in [2.45, 2.75) is 20.8 Å². The van der Waals surface area contributed by atoms with E-state index in [1.54, 1.807) is 17.5 Å². The largest absolute Gasteiger partial charge is 0.324 e. The molecular formula is C18H18N2OS. The number of rotatable bonds is 2. The van der Waals surface area contributed by atoms with Crippen molar-refractivity contribution in [2.75, 3.05) is 5.32 Å². The van der Waals surface area contributed by atoms with E-state index in [1.165, 1.54) is 4.88 Å². The maximum atomic E-state index is 12.3. The highest BCUT2D eigenvalue weighted by molar-refractivity contribution is 7.13. The Kier molecular flexibility index (Phi) is 3.71. The number of anilines is 1. The minimum Gasteiger partial charge on any atom is -0.324 e. The number of benzene rings is 1. The van der Waals surface area contributed by atoms with E-state index in [4.69, 9.17) is 0 Å². The number of hydrogen-bond acceptors (Lipinski definition) is 3. The third-order valence-electron chi connectivity index (χ3n) is 3.49. The van der Waals surface area contributed by atoms with Gasteiger partial charge in [-0.3, -0.25) is 9.78 Å². The Morgan fingerprint density at radius 3 is 2.64 bits per heavy atom. The zero-order valence-electron chi connectivity index (χ0n) is 12.9. The highest BCUT2D eigenvalue weighted by Crippen LogP contribution is 2.34. The number of fused-ring (bicyclic) bond motifs is 1. The number of thiophene rings is 1. The molecule has 2 heterocycles. The average Bonchev–Trinajstić information content (AvgIpc) is 3.00. The second-order valence-corrected chi connectivity index (χ2v) is 7.19. The summed E-state index contributed by atoms with van der Waals surface area (Å²) in [6, 6.07) is 12.1. The van der Waals surface area contributed by atoms with Crippen LogP contribution in [0.2, 0.25) is 0 Å². The van der Waals surface area contributed by atoms with Crippen molar-refractivity contribution >= 4 is 33.8 Å². The summed E-state index contributed by atoms with van der Waals surface area (Å²) in [5.74, 6) is -0.0108. The summed E-state index contributed by atoms with van der Waals surface area (Å²) in [7, 11) is 0. The van der Waals surface area contributed by atoms with E-state index >= 15 is 0 Å². The summed E-state index contributed by atoms with van der Waals surface area (Å²) >= 11 is 1.70. The van der Waals surface area contributed by atoms with Gasteiger partial charge in [0, 0.05) is 27.4 Å². The van der Waals surface area contributed by atoms with Crippen LogP contribution >= 0.6 is 11.3 Å². The quantitative estimate of drug-likeness (QED) is 0.728. The molecule has 0 unspecified atom stereocenters. The first-order valence-electron chi connectivity index (χ1n) is 7.20. The van der Waals surface area contributed by atoms with Crippen molar-refractivity contribution in [3.05, 3.63) is 48.0 Å². The van der Waals surface area contributed by atoms with Gasteiger partial charge in [0.05, 0.1) is 11.2 Å². The molecular weight excluding hydrogens is 292 g/mol. The van der Waals surface area contributed by atoms with Crippen molar-refractivity contribution in [3.63, 3.8) is 0 Å². The van der Waals surface area contributed by atoms with E-state index in [1.807, 2.05) is 51.1 Å². The molecule has 2 aromatic heterocycles. The van der Waals surface area contributed by atoms with Crippen molar-refractivity contribution < 1.29 is 4.79 Å². The van der Waals surface area contributed by atoms with Crippen molar-refractivity contribution in [1.29, 1.82) is 0 Å². The smallest absolute Gasteiger partial charge is 0.229 e. The van der Waals surface area contributed by atoms with Crippen LogP contribution in [0.1, 0.15) is 20.8 Å². The highest BCUT2D eigenvalue weighted by atomic mass is 32.1. The van der Waals surface area contributed by atoms with E-state index in [0.29, 0.717) is 0 Å². The summed E-state index contributed by atoms with van der Waals surface area (Å²) in [5.41, 5.74) is 2.29. The number of amides is 1. The van der Waals surface area contributed by atoms with Crippen LogP contribution in [0.25, 0.3) is 21.3 Å². The number of hydrogen-bond donors (Lipinski definition) is 1. The van der Waals surface area contributed by atoms with Gasteiger partial charge in [-0.1, -0.05) is 39.0 Å². The topological polar surface area (TPSA) is 42.0 Å². The number of nitrogens with zero attached hydrogens (tertiary/aromatic N) is 1. The van der Waals surface area contributed by atoms with Gasteiger partial charge in [-0.2, -0.15) is 0 Å². The number of carbonyl (C=O) groups is 1. The summed E-state index contributed by atoms with van der Waals surface area (Å²) < 4.78 is 0. The summed E-state index contributed by atoms with van der Waals surface area (Å²) in [5, 5.41) is 6.11. The first kappa shape index (κ1) is 14.7. The maximum absolute atomic E-state index is 12.3. The van der Waals surface area contributed by atoms with E-state index in [-0.39, 0.29) is 5.91 Å². The molecule has 0 aliphatic heterocycles. The molecule has 0 spiro atoms. The second kappa shape index (κ2) is 5.54. The molecule has 3 rings (SSSR count). The van der Waals surface area contributed by atoms with E-state index < -0.39 is 5.41 Å². The molecule has 0 radical (unpaired) electrons. The molecule has 3 aromatic rings. The van der Waals surface area contributed by atoms with Gasteiger partial charge in [-0.05, 0) is 23.6 Å². The summed E-state index contributed by atoms with van der Waals surface area (Å²) in [4.78, 5) is 17.9. The predicted octanol–water partition coefficient (Wildman–Crippen LogP) is 4.95. The minimum absolute atomic E-state index is 0.0108. The Morgan fingerprint density at radius 1 is 1.14 bits per heavy atom. The molecule has 0 aliphatic carbocycles. The number of nitrogens with one attached hydrogen (secondary N) is 1. The van der Waals surface area contributed by atoms with Gasteiger partial charge >= 0.3 is 0 Å². The van der Waals surface area contributed by atoms with Gasteiger partial charge < -0.3 is 5.32 Å². The second-order valence-electron chi connectivity index (χ2n) is 6.24. The van der Waals surface area contributed by atoms with Gasteiger partial charge in [0.1, 0.15) is 0 Å². The number of carbonyl (C=O) groups excluding carboxylic acids is 1. The van der Waals surface area contributed by atoms with Gasteiger partial charge in [-0.15, -0.1) is 11.3 Å². The lowest BCUT2D eigenvalue weighted by atomic mass is 9.95. The lowest BCUT2D eigenvalue weighted by molar-refractivity contribution is -0.123. The molecule has 1 aromatic carbocycles. The average molecular weight is 310 g/mol. The van der Waals surface area contributed by atoms with Gasteiger partial charge in [0.25, 0.3) is 0 Å². The molecule has 4 heteroatoms. The highest BCUT2D eigenvalue weighted by Gasteiger charge is 2.22. The maximum Gasteiger partial charge on any atom is 0.229 e. The first-order valence-corrected chi connectivity index (χ1v) is 8.08. The van der Waals surface area contributed by atoms with Crippen LogP contribution in [-0.2, 0) is 4.79 Å². The summed E-state index contributed by atoms with van der Waals surface area (Å²) in [6.45, 7) is 5.70. The van der Waals surface area contributed by atoms with E-state index in [2.05, 4.69) is 21.7 Å². The van der Waals surface area contributed by atoms with Crippen molar-refractivity contribution in [1.82, 2.24) is 4.98 Å². The Balaban J connectivity index is 2.11. The molecule has 0 saturated heterocycles. The SMILES string of the molecule is CC(C)(C)C(=O)Nc1ccc(-c2cccs2)c2cccnc12. The third-order valence-corrected chi connectivity index (χ3v) is 4.39. The standard InChI is InChI=1S/C18H18N2OS/c1-18(2,3)17(21)20-14-9-8-12(15-7-5-11-22-15)13-6-4-10-19-16(13)14/h4-11H,1-3H3,(H,20,21). The van der Waals surface area contributed by atoms with Crippen LogP contribution in [0.4, 0.5) is 5.69 Å². The molecule has 22 heavy (non-hydrogen) atoms. The van der Waals surface area contributed by atoms with Crippen molar-refractivity contribution in [3.8, 4) is 10.4 Å². The molecule has 0 bridgehead atoms. The van der Waals surface area contributed by atoms with Crippen LogP contribution in [0.3, 0.4) is 0 Å². The molecule has 0 aliphatic rings. The molecule has 0 atom stereocenters. The van der Waals surface area contributed by atoms with Crippen LogP contribution in [0.5, 0.6) is 0 Å². The Morgan fingerprint density at radius 2 is 1.95 bits per heavy atom. The van der Waals surface area contributed by atoms with E-state index in [0.717, 1.165) is 22.2 Å². The Hall–Kier alpha value is -2.20. The monoisotopic (exact) mass is 310 g/mol. The van der Waals surface area contributed by atoms with Crippen LogP contribution < -0.4 is 5.32 Å². The number of aromatic nitrogens is 1. The molecule has 3 nitrogen and oxygen atoms in total. The fraction of sp³-hybridized carbons (Fsp3) is 0.222. The fourth-order valence-corrected chi connectivity index (χ4v) is 3.00. The molecule has 1 N–H and O–H groups in total. The zero-order chi connectivity index (χ0) is 15.7. The zero-order valence-corrected chi connectivity index (χ0v) is 13.7. The summed E-state index contributed by atoms with van der Waals surface area (Å²) in [6.07, 6.45) is 1.76. The predicted molar refractivity (Wildman–Crippen MR) is 93.1 cm³/mol. The molecule has 112 valence electrons. The lowest BCUT2D eigenvalue weighted by Gasteiger charge is -2.18. The fourth-order valence-electron chi connectivity index (χ4n) is 2.23. The number of pyridine rings is 1. The Labute approximate surface area is 134 Å². The third kappa shape index (κ3) is 2.74. The van der Waals surface area contributed by atoms with E-state index in [9.17, 15) is 4.79 Å². The van der Waals surface area contributed by atoms with Crippen LogP contribution in [0.15, 0.2) is 48.0 Å². The molecule has 0 fully saturated rings. The first-order chi connectivity index (χ1) is 10.5. The minimum atomic E-state index is -0.437. The lowest BCUT2D eigenvalue weighted by Crippen LogP contribution is -2.27.